The molecular weight excluding hydrogens is 503 g/mol. The Labute approximate surface area is 194 Å². The number of nitrogens with zero attached hydrogens (tertiary/aromatic N) is 1. The molecule has 2 heterocycles. The highest BCUT2D eigenvalue weighted by molar-refractivity contribution is 9.10. The van der Waals surface area contributed by atoms with Crippen LogP contribution in [0.3, 0.4) is 0 Å². The molecule has 2 atom stereocenters. The van der Waals surface area contributed by atoms with Crippen molar-refractivity contribution >= 4 is 31.9 Å². The first-order valence-electron chi connectivity index (χ1n) is 10.3. The minimum absolute atomic E-state index is 0.0317. The van der Waals surface area contributed by atoms with Crippen molar-refractivity contribution in [2.24, 2.45) is 5.14 Å². The second kappa shape index (κ2) is 9.36. The van der Waals surface area contributed by atoms with Crippen LogP contribution in [0.1, 0.15) is 31.2 Å². The first-order chi connectivity index (χ1) is 15.2. The van der Waals surface area contributed by atoms with E-state index in [4.69, 9.17) is 14.6 Å². The quantitative estimate of drug-likeness (QED) is 0.596. The van der Waals surface area contributed by atoms with Gasteiger partial charge in [0.1, 0.15) is 23.4 Å². The second-order valence-corrected chi connectivity index (χ2v) is 10.7. The Kier molecular flexibility index (Phi) is 6.73. The number of rotatable bonds is 7. The van der Waals surface area contributed by atoms with Crippen LogP contribution in [0.25, 0.3) is 0 Å². The average molecular weight is 527 g/mol. The molecule has 2 aromatic rings. The molecule has 2 aliphatic heterocycles. The van der Waals surface area contributed by atoms with Gasteiger partial charge in [0, 0.05) is 35.0 Å². The van der Waals surface area contributed by atoms with Gasteiger partial charge in [0.15, 0.2) is 6.61 Å². The summed E-state index contributed by atoms with van der Waals surface area (Å²) in [6.07, 6.45) is 3.17. The molecule has 2 N–H and O–H groups in total. The lowest BCUT2D eigenvalue weighted by atomic mass is 9.99. The van der Waals surface area contributed by atoms with Crippen molar-refractivity contribution in [1.29, 1.82) is 0 Å². The summed E-state index contributed by atoms with van der Waals surface area (Å²) in [5.41, 5.74) is 0.393. The summed E-state index contributed by atoms with van der Waals surface area (Å²) in [6.45, 7) is -0.185. The van der Waals surface area contributed by atoms with E-state index < -0.39 is 10.0 Å². The van der Waals surface area contributed by atoms with Crippen LogP contribution < -0.4 is 14.6 Å². The number of primary sulfonamides is 1. The van der Waals surface area contributed by atoms with Crippen LogP contribution in [0.4, 0.5) is 4.39 Å². The maximum atomic E-state index is 13.1. The van der Waals surface area contributed by atoms with Gasteiger partial charge in [-0.2, -0.15) is 0 Å². The van der Waals surface area contributed by atoms with E-state index in [-0.39, 0.29) is 42.3 Å². The molecule has 32 heavy (non-hydrogen) atoms. The fraction of sp³-hybridized carbons (Fsp3) is 0.409. The molecule has 0 spiro atoms. The first-order valence-corrected chi connectivity index (χ1v) is 12.8. The van der Waals surface area contributed by atoms with Crippen molar-refractivity contribution in [3.63, 3.8) is 0 Å². The Hall–Kier alpha value is -2.17. The predicted octanol–water partition coefficient (Wildman–Crippen LogP) is 3.36. The molecule has 2 saturated heterocycles. The summed E-state index contributed by atoms with van der Waals surface area (Å²) in [6, 6.07) is 11.0. The van der Waals surface area contributed by atoms with E-state index in [0.717, 1.165) is 12.8 Å². The van der Waals surface area contributed by atoms with Crippen molar-refractivity contribution < 1.29 is 27.1 Å². The van der Waals surface area contributed by atoms with Crippen molar-refractivity contribution in [3.05, 3.63) is 58.3 Å². The molecule has 7 nitrogen and oxygen atoms in total. The zero-order chi connectivity index (χ0) is 22.9. The number of sulfonamides is 1. The highest BCUT2D eigenvalue weighted by Crippen LogP contribution is 2.37. The SMILES string of the molecule is NS(=O)(=O)Cc1cc(Br)ccc1OCC(=O)N1C2CCC1CC(Oc1ccc(F)cc1)C2. The fourth-order valence-corrected chi connectivity index (χ4v) is 5.64. The minimum atomic E-state index is -3.75. The van der Waals surface area contributed by atoms with Crippen molar-refractivity contribution in [2.45, 2.75) is 49.6 Å². The third kappa shape index (κ3) is 5.60. The van der Waals surface area contributed by atoms with E-state index in [2.05, 4.69) is 15.9 Å². The highest BCUT2D eigenvalue weighted by atomic mass is 79.9. The second-order valence-electron chi connectivity index (χ2n) is 8.20. The Morgan fingerprint density at radius 1 is 1.12 bits per heavy atom. The van der Waals surface area contributed by atoms with Gasteiger partial charge in [0.05, 0.1) is 5.75 Å². The number of carbonyl (C=O) groups is 1. The molecule has 1 amide bonds. The zero-order valence-corrected chi connectivity index (χ0v) is 19.6. The smallest absolute Gasteiger partial charge is 0.261 e. The van der Waals surface area contributed by atoms with E-state index in [1.807, 2.05) is 4.90 Å². The summed E-state index contributed by atoms with van der Waals surface area (Å²) in [7, 11) is -3.75. The lowest BCUT2D eigenvalue weighted by Gasteiger charge is -2.38. The summed E-state index contributed by atoms with van der Waals surface area (Å²) in [5.74, 6) is 0.111. The van der Waals surface area contributed by atoms with Crippen LogP contribution in [0.2, 0.25) is 0 Å². The first kappa shape index (κ1) is 23.0. The monoisotopic (exact) mass is 526 g/mol. The Balaban J connectivity index is 1.38. The maximum Gasteiger partial charge on any atom is 0.261 e. The molecule has 4 rings (SSSR count). The van der Waals surface area contributed by atoms with Crippen molar-refractivity contribution in [3.8, 4) is 11.5 Å². The van der Waals surface area contributed by atoms with Gasteiger partial charge in [-0.25, -0.2) is 17.9 Å². The molecule has 10 heteroatoms. The van der Waals surface area contributed by atoms with Gasteiger partial charge >= 0.3 is 0 Å². The number of hydrogen-bond acceptors (Lipinski definition) is 5. The van der Waals surface area contributed by atoms with E-state index in [9.17, 15) is 17.6 Å². The van der Waals surface area contributed by atoms with Crippen molar-refractivity contribution in [1.82, 2.24) is 4.90 Å². The number of hydrogen-bond donors (Lipinski definition) is 1. The Bertz CT molecular complexity index is 1080. The molecule has 0 radical (unpaired) electrons. The summed E-state index contributed by atoms with van der Waals surface area (Å²) in [5, 5.41) is 5.18. The maximum absolute atomic E-state index is 13.1. The lowest BCUT2D eigenvalue weighted by Crippen LogP contribution is -2.50. The normalized spacial score (nSPS) is 22.6. The van der Waals surface area contributed by atoms with Crippen LogP contribution in [0, 0.1) is 5.82 Å². The van der Waals surface area contributed by atoms with Gasteiger partial charge in [-0.1, -0.05) is 15.9 Å². The number of halogens is 2. The number of fused-ring (bicyclic) bond motifs is 2. The third-order valence-corrected chi connectivity index (χ3v) is 7.03. The molecule has 2 aliphatic rings. The molecule has 0 aliphatic carbocycles. The summed E-state index contributed by atoms with van der Waals surface area (Å²) in [4.78, 5) is 14.8. The molecule has 0 saturated carbocycles. The molecular formula is C22H24BrFN2O5S. The standard InChI is InChI=1S/C22H24BrFN2O5S/c23-15-1-8-21(14(9-15)13-32(25,28)29)30-12-22(27)26-17-4-5-18(26)11-20(10-17)31-19-6-2-16(24)3-7-19/h1-3,6-9,17-18,20H,4-5,10-13H2,(H2,25,28,29). The minimum Gasteiger partial charge on any atom is -0.490 e. The number of amides is 1. The van der Waals surface area contributed by atoms with Gasteiger partial charge in [-0.15, -0.1) is 0 Å². The number of carbonyl (C=O) groups excluding carboxylic acids is 1. The average Bonchev–Trinajstić information content (AvgIpc) is 2.98. The van der Waals surface area contributed by atoms with Crippen LogP contribution >= 0.6 is 15.9 Å². The Morgan fingerprint density at radius 2 is 1.78 bits per heavy atom. The number of piperidine rings is 1. The third-order valence-electron chi connectivity index (χ3n) is 5.82. The largest absolute Gasteiger partial charge is 0.490 e. The zero-order valence-electron chi connectivity index (χ0n) is 17.2. The highest BCUT2D eigenvalue weighted by Gasteiger charge is 2.44. The lowest BCUT2D eigenvalue weighted by molar-refractivity contribution is -0.139. The number of ether oxygens (including phenoxy) is 2. The van der Waals surface area contributed by atoms with Crippen LogP contribution in [-0.2, 0) is 20.6 Å². The van der Waals surface area contributed by atoms with Crippen LogP contribution in [-0.4, -0.2) is 44.0 Å². The molecule has 2 aromatic carbocycles. The molecule has 2 bridgehead atoms. The summed E-state index contributed by atoms with van der Waals surface area (Å²) < 4.78 is 48.6. The van der Waals surface area contributed by atoms with Gasteiger partial charge in [0.2, 0.25) is 10.0 Å². The van der Waals surface area contributed by atoms with Crippen LogP contribution in [0.5, 0.6) is 11.5 Å². The van der Waals surface area contributed by atoms with Gasteiger partial charge < -0.3 is 14.4 Å². The van der Waals surface area contributed by atoms with E-state index in [0.29, 0.717) is 34.4 Å². The fourth-order valence-electron chi connectivity index (χ4n) is 4.57. The van der Waals surface area contributed by atoms with Gasteiger partial charge in [-0.3, -0.25) is 4.79 Å². The van der Waals surface area contributed by atoms with E-state index >= 15 is 0 Å². The van der Waals surface area contributed by atoms with Gasteiger partial charge in [-0.05, 0) is 55.3 Å². The van der Waals surface area contributed by atoms with Crippen molar-refractivity contribution in [2.75, 3.05) is 6.61 Å². The number of benzene rings is 2. The van der Waals surface area contributed by atoms with Crippen LogP contribution in [0.15, 0.2) is 46.9 Å². The predicted molar refractivity (Wildman–Crippen MR) is 120 cm³/mol. The number of nitrogens with two attached hydrogens (primary N) is 1. The van der Waals surface area contributed by atoms with E-state index in [1.165, 1.54) is 12.1 Å². The van der Waals surface area contributed by atoms with E-state index in [1.54, 1.807) is 30.3 Å². The van der Waals surface area contributed by atoms with Gasteiger partial charge in [0.25, 0.3) is 5.91 Å². The Morgan fingerprint density at radius 3 is 2.41 bits per heavy atom. The molecule has 2 unspecified atom stereocenters. The molecule has 2 fully saturated rings. The molecule has 172 valence electrons. The topological polar surface area (TPSA) is 98.9 Å². The molecule has 0 aromatic heterocycles. The summed E-state index contributed by atoms with van der Waals surface area (Å²) >= 11 is 3.31.